The van der Waals surface area contributed by atoms with Gasteiger partial charge in [0.2, 0.25) is 0 Å². The van der Waals surface area contributed by atoms with E-state index in [2.05, 4.69) is 5.32 Å². The van der Waals surface area contributed by atoms with E-state index in [1.165, 1.54) is 17.7 Å². The minimum Gasteiger partial charge on any atom is -0.457 e. The van der Waals surface area contributed by atoms with Gasteiger partial charge in [-0.05, 0) is 56.4 Å². The van der Waals surface area contributed by atoms with Crippen molar-refractivity contribution in [1.29, 1.82) is 0 Å². The predicted octanol–water partition coefficient (Wildman–Crippen LogP) is 3.71. The molecule has 0 bridgehead atoms. The van der Waals surface area contributed by atoms with Crippen molar-refractivity contribution >= 4 is 6.08 Å². The van der Waals surface area contributed by atoms with Crippen LogP contribution in [0.4, 0.5) is 4.39 Å². The van der Waals surface area contributed by atoms with Gasteiger partial charge in [-0.2, -0.15) is 0 Å². The molecule has 0 unspecified atom stereocenters. The quantitative estimate of drug-likeness (QED) is 0.888. The van der Waals surface area contributed by atoms with Gasteiger partial charge in [-0.3, -0.25) is 0 Å². The molecule has 1 N–H and O–H groups in total. The Morgan fingerprint density at radius 1 is 1.22 bits per heavy atom. The second-order valence-electron chi connectivity index (χ2n) is 4.23. The van der Waals surface area contributed by atoms with E-state index in [4.69, 9.17) is 4.42 Å². The van der Waals surface area contributed by atoms with Crippen LogP contribution in [-0.2, 0) is 0 Å². The molecule has 18 heavy (non-hydrogen) atoms. The summed E-state index contributed by atoms with van der Waals surface area (Å²) in [6.07, 6.45) is 1.99. The van der Waals surface area contributed by atoms with E-state index in [1.807, 2.05) is 32.2 Å². The lowest BCUT2D eigenvalue weighted by atomic mass is 10.2. The van der Waals surface area contributed by atoms with Crippen molar-refractivity contribution in [3.05, 3.63) is 53.5 Å². The number of rotatable bonds is 4. The van der Waals surface area contributed by atoms with E-state index >= 15 is 0 Å². The molecule has 1 aromatic carbocycles. The third kappa shape index (κ3) is 3.08. The normalized spacial score (nSPS) is 11.8. The summed E-state index contributed by atoms with van der Waals surface area (Å²) < 4.78 is 18.5. The van der Waals surface area contributed by atoms with Crippen LogP contribution in [0.5, 0.6) is 0 Å². The fourth-order valence-corrected chi connectivity index (χ4v) is 1.77. The fourth-order valence-electron chi connectivity index (χ4n) is 1.77. The Balaban J connectivity index is 2.20. The van der Waals surface area contributed by atoms with Gasteiger partial charge in [0, 0.05) is 12.1 Å². The van der Waals surface area contributed by atoms with Gasteiger partial charge in [0.05, 0.1) is 0 Å². The van der Waals surface area contributed by atoms with Crippen LogP contribution < -0.4 is 5.32 Å². The summed E-state index contributed by atoms with van der Waals surface area (Å²) in [6, 6.07) is 10.1. The molecule has 2 nitrogen and oxygen atoms in total. The molecule has 0 spiro atoms. The molecule has 0 aliphatic heterocycles. The van der Waals surface area contributed by atoms with Gasteiger partial charge in [0.15, 0.2) is 0 Å². The van der Waals surface area contributed by atoms with E-state index in [0.717, 1.165) is 23.6 Å². The van der Waals surface area contributed by atoms with Crippen LogP contribution in [0.25, 0.3) is 17.4 Å². The van der Waals surface area contributed by atoms with E-state index in [1.54, 1.807) is 12.1 Å². The zero-order chi connectivity index (χ0) is 13.0. The Hall–Kier alpha value is -1.87. The van der Waals surface area contributed by atoms with E-state index in [9.17, 15) is 4.39 Å². The van der Waals surface area contributed by atoms with Gasteiger partial charge in [-0.1, -0.05) is 5.57 Å². The SMILES string of the molecule is CNCC(C)=Cc1ccc(-c2ccc(F)cc2)o1. The molecule has 0 atom stereocenters. The molecule has 0 saturated carbocycles. The van der Waals surface area contributed by atoms with Crippen molar-refractivity contribution < 1.29 is 8.81 Å². The molecular formula is C15H16FNO. The maximum absolute atomic E-state index is 12.8. The van der Waals surface area contributed by atoms with Crippen molar-refractivity contribution in [2.75, 3.05) is 13.6 Å². The summed E-state index contributed by atoms with van der Waals surface area (Å²) in [5, 5.41) is 3.08. The molecule has 0 fully saturated rings. The fraction of sp³-hybridized carbons (Fsp3) is 0.200. The summed E-state index contributed by atoms with van der Waals surface area (Å²) in [4.78, 5) is 0. The van der Waals surface area contributed by atoms with Gasteiger partial charge in [0.25, 0.3) is 0 Å². The van der Waals surface area contributed by atoms with Crippen LogP contribution in [0.1, 0.15) is 12.7 Å². The number of halogens is 1. The molecule has 2 aromatic rings. The highest BCUT2D eigenvalue weighted by atomic mass is 19.1. The average Bonchev–Trinajstić information content (AvgIpc) is 2.78. The molecule has 0 aliphatic rings. The number of hydrogen-bond acceptors (Lipinski definition) is 2. The molecule has 2 rings (SSSR count). The highest BCUT2D eigenvalue weighted by molar-refractivity contribution is 5.60. The first-order chi connectivity index (χ1) is 8.69. The molecule has 0 aliphatic carbocycles. The number of benzene rings is 1. The largest absolute Gasteiger partial charge is 0.457 e. The number of likely N-dealkylation sites (N-methyl/N-ethyl adjacent to an activating group) is 1. The van der Waals surface area contributed by atoms with Gasteiger partial charge < -0.3 is 9.73 Å². The maximum Gasteiger partial charge on any atom is 0.134 e. The number of hydrogen-bond donors (Lipinski definition) is 1. The van der Waals surface area contributed by atoms with Crippen molar-refractivity contribution in [3.63, 3.8) is 0 Å². The Bertz CT molecular complexity index is 540. The van der Waals surface area contributed by atoms with Gasteiger partial charge in [-0.15, -0.1) is 0 Å². The maximum atomic E-state index is 12.8. The number of nitrogens with one attached hydrogen (secondary N) is 1. The monoisotopic (exact) mass is 245 g/mol. The zero-order valence-electron chi connectivity index (χ0n) is 10.5. The van der Waals surface area contributed by atoms with Crippen LogP contribution in [0, 0.1) is 5.82 Å². The van der Waals surface area contributed by atoms with Crippen LogP contribution in [-0.4, -0.2) is 13.6 Å². The summed E-state index contributed by atoms with van der Waals surface area (Å²) in [5.41, 5.74) is 2.07. The molecule has 94 valence electrons. The lowest BCUT2D eigenvalue weighted by Crippen LogP contribution is -2.08. The second-order valence-corrected chi connectivity index (χ2v) is 4.23. The van der Waals surface area contributed by atoms with Gasteiger partial charge in [0.1, 0.15) is 17.3 Å². The lowest BCUT2D eigenvalue weighted by Gasteiger charge is -1.98. The first-order valence-electron chi connectivity index (χ1n) is 5.86. The molecular weight excluding hydrogens is 229 g/mol. The first kappa shape index (κ1) is 12.6. The topological polar surface area (TPSA) is 25.2 Å². The van der Waals surface area contributed by atoms with Gasteiger partial charge >= 0.3 is 0 Å². The highest BCUT2D eigenvalue weighted by Crippen LogP contribution is 2.23. The van der Waals surface area contributed by atoms with Crippen molar-refractivity contribution in [1.82, 2.24) is 5.32 Å². The number of furan rings is 1. The molecule has 0 amide bonds. The molecule has 0 saturated heterocycles. The smallest absolute Gasteiger partial charge is 0.134 e. The van der Waals surface area contributed by atoms with Crippen LogP contribution in [0.2, 0.25) is 0 Å². The molecule has 0 radical (unpaired) electrons. The Morgan fingerprint density at radius 2 is 1.94 bits per heavy atom. The van der Waals surface area contributed by atoms with Crippen molar-refractivity contribution in [3.8, 4) is 11.3 Å². The van der Waals surface area contributed by atoms with Crippen molar-refractivity contribution in [2.24, 2.45) is 0 Å². The van der Waals surface area contributed by atoms with E-state index in [0.29, 0.717) is 0 Å². The van der Waals surface area contributed by atoms with Gasteiger partial charge in [-0.25, -0.2) is 4.39 Å². The zero-order valence-corrected chi connectivity index (χ0v) is 10.5. The minimum atomic E-state index is -0.240. The highest BCUT2D eigenvalue weighted by Gasteiger charge is 2.03. The van der Waals surface area contributed by atoms with Crippen LogP contribution in [0.15, 0.2) is 46.4 Å². The minimum absolute atomic E-state index is 0.240. The average molecular weight is 245 g/mol. The third-order valence-corrected chi connectivity index (χ3v) is 2.60. The lowest BCUT2D eigenvalue weighted by molar-refractivity contribution is 0.570. The van der Waals surface area contributed by atoms with E-state index in [-0.39, 0.29) is 5.82 Å². The predicted molar refractivity (Wildman–Crippen MR) is 71.7 cm³/mol. The van der Waals surface area contributed by atoms with Crippen LogP contribution >= 0.6 is 0 Å². The summed E-state index contributed by atoms with van der Waals surface area (Å²) in [6.45, 7) is 2.86. The molecule has 3 heteroatoms. The summed E-state index contributed by atoms with van der Waals surface area (Å²) in [7, 11) is 1.91. The van der Waals surface area contributed by atoms with E-state index < -0.39 is 0 Å². The Morgan fingerprint density at radius 3 is 2.61 bits per heavy atom. The summed E-state index contributed by atoms with van der Waals surface area (Å²) >= 11 is 0. The summed E-state index contributed by atoms with van der Waals surface area (Å²) in [5.74, 6) is 1.32. The first-order valence-corrected chi connectivity index (χ1v) is 5.86. The molecule has 1 aromatic heterocycles. The van der Waals surface area contributed by atoms with Crippen LogP contribution in [0.3, 0.4) is 0 Å². The Kier molecular flexibility index (Phi) is 3.95. The molecule has 1 heterocycles. The second kappa shape index (κ2) is 5.65. The third-order valence-electron chi connectivity index (χ3n) is 2.60. The standard InChI is InChI=1S/C15H16FNO/c1-11(10-17-2)9-14-7-8-15(18-14)12-3-5-13(16)6-4-12/h3-9,17H,10H2,1-2H3. The Labute approximate surface area is 106 Å². The van der Waals surface area contributed by atoms with Crippen molar-refractivity contribution in [2.45, 2.75) is 6.92 Å².